The maximum absolute atomic E-state index is 9.07. The van der Waals surface area contributed by atoms with Crippen molar-refractivity contribution in [1.82, 2.24) is 0 Å². The lowest BCUT2D eigenvalue weighted by atomic mass is 10.3. The number of phenolic OH excluding ortho intramolecular Hbond substituents is 1. The molecule has 0 saturated carbocycles. The summed E-state index contributed by atoms with van der Waals surface area (Å²) in [6, 6.07) is 35.5. The highest BCUT2D eigenvalue weighted by Gasteiger charge is 1.90. The van der Waals surface area contributed by atoms with Gasteiger partial charge in [-0.2, -0.15) is 20.5 Å². The highest BCUT2D eigenvalue weighted by atomic mass is 16.3. The van der Waals surface area contributed by atoms with Crippen LogP contribution in [0, 0.1) is 0 Å². The van der Waals surface area contributed by atoms with E-state index < -0.39 is 0 Å². The third-order valence-corrected chi connectivity index (χ3v) is 3.68. The Morgan fingerprint density at radius 1 is 0.345 bits per heavy atom. The lowest BCUT2D eigenvalue weighted by molar-refractivity contribution is 0.475. The largest absolute Gasteiger partial charge is 0.508 e. The molecule has 0 aliphatic carbocycles. The molecule has 5 nitrogen and oxygen atoms in total. The Morgan fingerprint density at radius 2 is 0.621 bits per heavy atom. The van der Waals surface area contributed by atoms with Gasteiger partial charge in [0.25, 0.3) is 0 Å². The van der Waals surface area contributed by atoms with E-state index in [1.54, 1.807) is 24.3 Å². The first-order valence-corrected chi connectivity index (χ1v) is 9.07. The van der Waals surface area contributed by atoms with Crippen LogP contribution in [0.3, 0.4) is 0 Å². The molecule has 5 heteroatoms. The Hall–Kier alpha value is -4.12. The first kappa shape index (κ1) is 19.6. The third kappa shape index (κ3) is 7.19. The highest BCUT2D eigenvalue weighted by Crippen LogP contribution is 2.20. The number of hydrogen-bond donors (Lipinski definition) is 1. The SMILES string of the molecule is Oc1ccc(N=Nc2ccccc2)cc1.c1ccc(N=Nc2ccccc2)cc1. The topological polar surface area (TPSA) is 69.7 Å². The zero-order valence-corrected chi connectivity index (χ0v) is 15.7. The van der Waals surface area contributed by atoms with E-state index in [-0.39, 0.29) is 5.75 Å². The Labute approximate surface area is 169 Å². The quantitative estimate of drug-likeness (QED) is 0.359. The van der Waals surface area contributed by atoms with E-state index >= 15 is 0 Å². The van der Waals surface area contributed by atoms with Crippen molar-refractivity contribution in [2.75, 3.05) is 0 Å². The van der Waals surface area contributed by atoms with Crippen LogP contribution >= 0.6 is 0 Å². The van der Waals surface area contributed by atoms with Crippen molar-refractivity contribution in [1.29, 1.82) is 0 Å². The van der Waals surface area contributed by atoms with Crippen molar-refractivity contribution in [3.05, 3.63) is 115 Å². The minimum Gasteiger partial charge on any atom is -0.508 e. The van der Waals surface area contributed by atoms with Crippen molar-refractivity contribution in [3.63, 3.8) is 0 Å². The molecule has 0 amide bonds. The second kappa shape index (κ2) is 10.9. The fourth-order valence-corrected chi connectivity index (χ4v) is 2.23. The predicted octanol–water partition coefficient (Wildman–Crippen LogP) is 7.91. The minimum absolute atomic E-state index is 0.230. The van der Waals surface area contributed by atoms with E-state index in [9.17, 15) is 0 Å². The first-order chi connectivity index (χ1) is 14.3. The summed E-state index contributed by atoms with van der Waals surface area (Å²) in [4.78, 5) is 0. The predicted molar refractivity (Wildman–Crippen MR) is 116 cm³/mol. The summed E-state index contributed by atoms with van der Waals surface area (Å²) in [5.41, 5.74) is 3.27. The van der Waals surface area contributed by atoms with Gasteiger partial charge in [-0.25, -0.2) is 0 Å². The molecule has 1 N–H and O–H groups in total. The fourth-order valence-electron chi connectivity index (χ4n) is 2.23. The third-order valence-electron chi connectivity index (χ3n) is 3.68. The summed E-state index contributed by atoms with van der Waals surface area (Å²) in [6.07, 6.45) is 0. The highest BCUT2D eigenvalue weighted by molar-refractivity contribution is 5.42. The lowest BCUT2D eigenvalue weighted by Gasteiger charge is -1.93. The first-order valence-electron chi connectivity index (χ1n) is 9.07. The van der Waals surface area contributed by atoms with Gasteiger partial charge in [0.15, 0.2) is 0 Å². The molecule has 4 rings (SSSR count). The molecule has 0 heterocycles. The summed E-state index contributed by atoms with van der Waals surface area (Å²) < 4.78 is 0. The molecule has 4 aromatic carbocycles. The summed E-state index contributed by atoms with van der Waals surface area (Å²) in [7, 11) is 0. The van der Waals surface area contributed by atoms with Crippen LogP contribution < -0.4 is 0 Å². The van der Waals surface area contributed by atoms with Crippen LogP contribution in [-0.2, 0) is 0 Å². The Morgan fingerprint density at radius 3 is 0.931 bits per heavy atom. The van der Waals surface area contributed by atoms with Crippen molar-refractivity contribution < 1.29 is 5.11 Å². The number of benzene rings is 4. The second-order valence-corrected chi connectivity index (χ2v) is 5.92. The molecule has 0 saturated heterocycles. The van der Waals surface area contributed by atoms with Crippen molar-refractivity contribution in [2.45, 2.75) is 0 Å². The molecule has 0 radical (unpaired) electrons. The van der Waals surface area contributed by atoms with Gasteiger partial charge in [0.2, 0.25) is 0 Å². The van der Waals surface area contributed by atoms with E-state index in [1.807, 2.05) is 91.0 Å². The lowest BCUT2D eigenvalue weighted by Crippen LogP contribution is -1.64. The molecule has 0 atom stereocenters. The summed E-state index contributed by atoms with van der Waals surface area (Å²) >= 11 is 0. The molecular weight excluding hydrogens is 360 g/mol. The van der Waals surface area contributed by atoms with E-state index in [0.29, 0.717) is 0 Å². The molecule has 0 aliphatic rings. The van der Waals surface area contributed by atoms with Crippen molar-refractivity contribution >= 4 is 22.7 Å². The normalized spacial score (nSPS) is 10.6. The Kier molecular flexibility index (Phi) is 7.37. The molecule has 0 fully saturated rings. The van der Waals surface area contributed by atoms with Crippen LogP contribution in [0.2, 0.25) is 0 Å². The summed E-state index contributed by atoms with van der Waals surface area (Å²) in [6.45, 7) is 0. The molecule has 4 aromatic rings. The smallest absolute Gasteiger partial charge is 0.115 e. The van der Waals surface area contributed by atoms with Gasteiger partial charge in [-0.05, 0) is 60.7 Å². The number of aromatic hydroxyl groups is 1. The van der Waals surface area contributed by atoms with Gasteiger partial charge in [0.05, 0.1) is 22.7 Å². The average Bonchev–Trinajstić information content (AvgIpc) is 2.80. The van der Waals surface area contributed by atoms with E-state index in [0.717, 1.165) is 22.7 Å². The summed E-state index contributed by atoms with van der Waals surface area (Å²) in [5, 5.41) is 25.4. The van der Waals surface area contributed by atoms with Crippen molar-refractivity contribution in [2.24, 2.45) is 20.5 Å². The molecule has 142 valence electrons. The molecule has 0 aromatic heterocycles. The number of nitrogens with zero attached hydrogens (tertiary/aromatic N) is 4. The summed E-state index contributed by atoms with van der Waals surface area (Å²) in [5.74, 6) is 0.230. The minimum atomic E-state index is 0.230. The molecule has 0 spiro atoms. The zero-order chi connectivity index (χ0) is 20.2. The number of hydrogen-bond acceptors (Lipinski definition) is 5. The molecule has 0 aliphatic heterocycles. The van der Waals surface area contributed by atoms with Crippen LogP contribution in [0.25, 0.3) is 0 Å². The molecule has 0 unspecified atom stereocenters. The van der Waals surface area contributed by atoms with E-state index in [1.165, 1.54) is 0 Å². The van der Waals surface area contributed by atoms with Crippen LogP contribution in [0.5, 0.6) is 5.75 Å². The van der Waals surface area contributed by atoms with Crippen LogP contribution in [-0.4, -0.2) is 5.11 Å². The number of rotatable bonds is 4. The number of azo groups is 2. The maximum atomic E-state index is 9.07. The van der Waals surface area contributed by atoms with Gasteiger partial charge in [0.1, 0.15) is 5.75 Å². The molecule has 0 bridgehead atoms. The van der Waals surface area contributed by atoms with Gasteiger partial charge in [-0.15, -0.1) is 0 Å². The fraction of sp³-hybridized carbons (Fsp3) is 0. The van der Waals surface area contributed by atoms with Gasteiger partial charge in [-0.3, -0.25) is 0 Å². The standard InChI is InChI=1S/C12H10N2O.C12H10N2/c15-12-8-6-11(7-9-12)14-13-10-4-2-1-3-5-10;1-3-7-11(8-4-1)13-14-12-9-5-2-6-10-12/h1-9,15H;1-10H. The van der Waals surface area contributed by atoms with Gasteiger partial charge >= 0.3 is 0 Å². The Balaban J connectivity index is 0.000000166. The van der Waals surface area contributed by atoms with E-state index in [2.05, 4.69) is 20.5 Å². The zero-order valence-electron chi connectivity index (χ0n) is 15.7. The molecule has 29 heavy (non-hydrogen) atoms. The van der Waals surface area contributed by atoms with Gasteiger partial charge in [0, 0.05) is 0 Å². The van der Waals surface area contributed by atoms with Crippen LogP contribution in [0.15, 0.2) is 136 Å². The maximum Gasteiger partial charge on any atom is 0.115 e. The van der Waals surface area contributed by atoms with E-state index in [4.69, 9.17) is 5.11 Å². The van der Waals surface area contributed by atoms with Gasteiger partial charge in [-0.1, -0.05) is 54.6 Å². The monoisotopic (exact) mass is 380 g/mol. The second-order valence-electron chi connectivity index (χ2n) is 5.92. The Bertz CT molecular complexity index is 991. The van der Waals surface area contributed by atoms with Gasteiger partial charge < -0.3 is 5.11 Å². The molecular formula is C24H20N4O. The van der Waals surface area contributed by atoms with Crippen molar-refractivity contribution in [3.8, 4) is 5.75 Å². The average molecular weight is 380 g/mol. The number of phenols is 1. The van der Waals surface area contributed by atoms with Crippen LogP contribution in [0.4, 0.5) is 22.7 Å². The van der Waals surface area contributed by atoms with Crippen LogP contribution in [0.1, 0.15) is 0 Å².